The van der Waals surface area contributed by atoms with E-state index in [4.69, 9.17) is 14.2 Å². The number of anilines is 2. The predicted octanol–water partition coefficient (Wildman–Crippen LogP) is 6.09. The number of amides is 2. The number of thiophene rings is 1. The zero-order valence-electron chi connectivity index (χ0n) is 24.7. The Labute approximate surface area is 264 Å². The van der Waals surface area contributed by atoms with Crippen molar-refractivity contribution in [2.45, 2.75) is 24.4 Å². The summed E-state index contributed by atoms with van der Waals surface area (Å²) in [6.45, 7) is 2.33. The van der Waals surface area contributed by atoms with E-state index in [1.165, 1.54) is 50.0 Å². The molecule has 0 radical (unpaired) electrons. The highest BCUT2D eigenvalue weighted by Crippen LogP contribution is 2.38. The molecule has 0 spiro atoms. The molecule has 1 aliphatic rings. The molecule has 5 rings (SSSR count). The lowest BCUT2D eigenvalue weighted by atomic mass is 10.0. The van der Waals surface area contributed by atoms with Gasteiger partial charge in [-0.25, -0.2) is 4.79 Å². The van der Waals surface area contributed by atoms with Crippen LogP contribution in [0.15, 0.2) is 77.7 Å². The van der Waals surface area contributed by atoms with Crippen molar-refractivity contribution in [1.82, 2.24) is 4.90 Å². The van der Waals surface area contributed by atoms with Crippen LogP contribution in [0.4, 0.5) is 10.7 Å². The molecule has 9 nitrogen and oxygen atoms in total. The first-order valence-electron chi connectivity index (χ1n) is 13.9. The van der Waals surface area contributed by atoms with Gasteiger partial charge in [0, 0.05) is 40.7 Å². The van der Waals surface area contributed by atoms with Gasteiger partial charge < -0.3 is 24.8 Å². The fraction of sp³-hybridized carbons (Fsp3) is 0.242. The summed E-state index contributed by atoms with van der Waals surface area (Å²) in [4.78, 5) is 42.9. The largest absolute Gasteiger partial charge is 0.493 e. The fourth-order valence-corrected chi connectivity index (χ4v) is 7.04. The molecule has 0 unspecified atom stereocenters. The number of thioether (sulfide) groups is 1. The Morgan fingerprint density at radius 3 is 2.45 bits per heavy atom. The molecular formula is C33H33N3O6S2. The summed E-state index contributed by atoms with van der Waals surface area (Å²) in [7, 11) is 4.41. The third kappa shape index (κ3) is 7.42. The lowest BCUT2D eigenvalue weighted by Gasteiger charge is -2.27. The fourth-order valence-electron chi connectivity index (χ4n) is 4.99. The summed E-state index contributed by atoms with van der Waals surface area (Å²) in [5.74, 6) is 0.134. The molecule has 1 aliphatic heterocycles. The van der Waals surface area contributed by atoms with E-state index in [9.17, 15) is 14.4 Å². The SMILES string of the molecule is COC(=O)c1c(NC(=O)CSc2cccc(NC(=O)c3ccc(OC)c(OC)c3)c2)sc2c1CCN(Cc1ccccc1)C2. The average Bonchev–Trinajstić information content (AvgIpc) is 3.40. The third-order valence-electron chi connectivity index (χ3n) is 7.13. The standard InChI is InChI=1S/C33H33N3O6S2/c1-40-26-13-12-22(16-27(26)41-2)31(38)34-23-10-7-11-24(17-23)43-20-29(37)35-32-30(33(39)42-3)25-14-15-36(19-28(25)44-32)18-21-8-5-4-6-9-21/h4-13,16-17H,14-15,18-20H2,1-3H3,(H,34,38)(H,35,37). The van der Waals surface area contributed by atoms with Gasteiger partial charge >= 0.3 is 5.97 Å². The number of fused-ring (bicyclic) bond motifs is 1. The minimum atomic E-state index is -0.445. The van der Waals surface area contributed by atoms with E-state index >= 15 is 0 Å². The van der Waals surface area contributed by atoms with Crippen LogP contribution in [-0.2, 0) is 29.0 Å². The number of benzene rings is 3. The maximum Gasteiger partial charge on any atom is 0.341 e. The van der Waals surface area contributed by atoms with Crippen molar-refractivity contribution < 1.29 is 28.6 Å². The maximum absolute atomic E-state index is 13.0. The molecule has 0 saturated heterocycles. The smallest absolute Gasteiger partial charge is 0.341 e. The summed E-state index contributed by atoms with van der Waals surface area (Å²) in [6, 6.07) is 22.5. The van der Waals surface area contributed by atoms with E-state index in [2.05, 4.69) is 27.7 Å². The molecule has 0 fully saturated rings. The van der Waals surface area contributed by atoms with Crippen LogP contribution >= 0.6 is 23.1 Å². The highest BCUT2D eigenvalue weighted by atomic mass is 32.2. The molecular weight excluding hydrogens is 599 g/mol. The monoisotopic (exact) mass is 631 g/mol. The second-order valence-electron chi connectivity index (χ2n) is 10.0. The summed E-state index contributed by atoms with van der Waals surface area (Å²) >= 11 is 2.77. The van der Waals surface area contributed by atoms with Crippen LogP contribution in [0, 0.1) is 0 Å². The van der Waals surface area contributed by atoms with E-state index in [0.29, 0.717) is 46.3 Å². The van der Waals surface area contributed by atoms with Crippen LogP contribution in [0.1, 0.15) is 36.7 Å². The molecule has 0 bridgehead atoms. The van der Waals surface area contributed by atoms with Gasteiger partial charge in [0.25, 0.3) is 5.91 Å². The predicted molar refractivity (Wildman–Crippen MR) is 173 cm³/mol. The van der Waals surface area contributed by atoms with E-state index in [0.717, 1.165) is 28.4 Å². The van der Waals surface area contributed by atoms with E-state index in [1.807, 2.05) is 36.4 Å². The summed E-state index contributed by atoms with van der Waals surface area (Å²) in [5.41, 5.74) is 3.64. The maximum atomic E-state index is 13.0. The first-order valence-corrected chi connectivity index (χ1v) is 15.7. The van der Waals surface area contributed by atoms with Crippen molar-refractivity contribution in [3.8, 4) is 11.5 Å². The van der Waals surface area contributed by atoms with Gasteiger partial charge in [-0.1, -0.05) is 36.4 Å². The zero-order chi connectivity index (χ0) is 31.1. The molecule has 0 saturated carbocycles. The van der Waals surface area contributed by atoms with E-state index in [1.54, 1.807) is 24.3 Å². The van der Waals surface area contributed by atoms with Crippen molar-refractivity contribution in [1.29, 1.82) is 0 Å². The Kier molecular flexibility index (Phi) is 10.2. The Balaban J connectivity index is 1.21. The Bertz CT molecular complexity index is 1660. The zero-order valence-corrected chi connectivity index (χ0v) is 26.3. The molecule has 11 heteroatoms. The highest BCUT2D eigenvalue weighted by Gasteiger charge is 2.29. The molecule has 228 valence electrons. The number of ether oxygens (including phenoxy) is 3. The van der Waals surface area contributed by atoms with Crippen molar-refractivity contribution in [2.24, 2.45) is 0 Å². The van der Waals surface area contributed by atoms with Crippen LogP contribution in [0.3, 0.4) is 0 Å². The Hall–Kier alpha value is -4.32. The summed E-state index contributed by atoms with van der Waals surface area (Å²) in [6.07, 6.45) is 0.704. The number of hydrogen-bond acceptors (Lipinski definition) is 9. The number of rotatable bonds is 11. The molecule has 2 heterocycles. The van der Waals surface area contributed by atoms with Gasteiger partial charge in [-0.3, -0.25) is 14.5 Å². The number of nitrogens with one attached hydrogen (secondary N) is 2. The van der Waals surface area contributed by atoms with Gasteiger partial charge in [0.2, 0.25) is 5.91 Å². The van der Waals surface area contributed by atoms with Crippen LogP contribution in [-0.4, -0.2) is 56.3 Å². The van der Waals surface area contributed by atoms with Gasteiger partial charge in [-0.05, 0) is 53.9 Å². The van der Waals surface area contributed by atoms with Gasteiger partial charge in [0.1, 0.15) is 5.00 Å². The van der Waals surface area contributed by atoms with Crippen molar-refractivity contribution in [2.75, 3.05) is 44.3 Å². The van der Waals surface area contributed by atoms with Gasteiger partial charge in [0.15, 0.2) is 11.5 Å². The Morgan fingerprint density at radius 1 is 0.909 bits per heavy atom. The number of hydrogen-bond donors (Lipinski definition) is 2. The lowest BCUT2D eigenvalue weighted by Crippen LogP contribution is -2.29. The van der Waals surface area contributed by atoms with Crippen LogP contribution in [0.2, 0.25) is 0 Å². The molecule has 2 N–H and O–H groups in total. The second kappa shape index (κ2) is 14.4. The molecule has 3 aromatic carbocycles. The van der Waals surface area contributed by atoms with Crippen molar-refractivity contribution >= 4 is 51.6 Å². The molecule has 0 atom stereocenters. The topological polar surface area (TPSA) is 106 Å². The number of methoxy groups -OCH3 is 3. The number of esters is 1. The quantitative estimate of drug-likeness (QED) is 0.151. The molecule has 1 aromatic heterocycles. The van der Waals surface area contributed by atoms with Crippen LogP contribution in [0.25, 0.3) is 0 Å². The second-order valence-corrected chi connectivity index (χ2v) is 12.2. The summed E-state index contributed by atoms with van der Waals surface area (Å²) < 4.78 is 15.6. The molecule has 44 heavy (non-hydrogen) atoms. The van der Waals surface area contributed by atoms with Crippen molar-refractivity contribution in [3.63, 3.8) is 0 Å². The van der Waals surface area contributed by atoms with Gasteiger partial charge in [-0.15, -0.1) is 23.1 Å². The Morgan fingerprint density at radius 2 is 1.70 bits per heavy atom. The normalized spacial score (nSPS) is 12.6. The first-order chi connectivity index (χ1) is 21.4. The van der Waals surface area contributed by atoms with E-state index < -0.39 is 5.97 Å². The lowest BCUT2D eigenvalue weighted by molar-refractivity contribution is -0.113. The molecule has 0 aliphatic carbocycles. The highest BCUT2D eigenvalue weighted by molar-refractivity contribution is 8.00. The summed E-state index contributed by atoms with van der Waals surface area (Å²) in [5, 5.41) is 6.36. The first kappa shape index (κ1) is 31.1. The number of carbonyl (C=O) groups excluding carboxylic acids is 3. The van der Waals surface area contributed by atoms with Crippen LogP contribution in [0.5, 0.6) is 11.5 Å². The molecule has 4 aromatic rings. The molecule has 2 amide bonds. The average molecular weight is 632 g/mol. The van der Waals surface area contributed by atoms with Crippen molar-refractivity contribution in [3.05, 3.63) is 99.9 Å². The van der Waals surface area contributed by atoms with Crippen LogP contribution < -0.4 is 20.1 Å². The number of carbonyl (C=O) groups is 3. The number of nitrogens with zero attached hydrogens (tertiary/aromatic N) is 1. The minimum Gasteiger partial charge on any atom is -0.493 e. The third-order valence-corrected chi connectivity index (χ3v) is 9.26. The van der Waals surface area contributed by atoms with Gasteiger partial charge in [-0.2, -0.15) is 0 Å². The van der Waals surface area contributed by atoms with Gasteiger partial charge in [0.05, 0.1) is 32.6 Å². The van der Waals surface area contributed by atoms with E-state index in [-0.39, 0.29) is 17.6 Å². The minimum absolute atomic E-state index is 0.121.